The summed E-state index contributed by atoms with van der Waals surface area (Å²) in [4.78, 5) is 2.15. The van der Waals surface area contributed by atoms with Gasteiger partial charge in [-0.2, -0.15) is 0 Å². The molecule has 0 radical (unpaired) electrons. The third-order valence-electron chi connectivity index (χ3n) is 2.77. The first-order valence-corrected chi connectivity index (χ1v) is 5.09. The number of guanidine groups is 1. The van der Waals surface area contributed by atoms with Crippen molar-refractivity contribution in [2.75, 3.05) is 6.54 Å². The third kappa shape index (κ3) is 2.50. The van der Waals surface area contributed by atoms with Crippen LogP contribution in [0.1, 0.15) is 39.0 Å². The highest BCUT2D eigenvalue weighted by Crippen LogP contribution is 2.18. The van der Waals surface area contributed by atoms with Crippen molar-refractivity contribution in [2.45, 2.75) is 45.1 Å². The van der Waals surface area contributed by atoms with E-state index in [4.69, 9.17) is 11.6 Å². The van der Waals surface area contributed by atoms with Gasteiger partial charge in [-0.15, -0.1) is 5.10 Å². The summed E-state index contributed by atoms with van der Waals surface area (Å²) in [5.41, 5.74) is 5.73. The predicted molar refractivity (Wildman–Crippen MR) is 55.1 cm³/mol. The summed E-state index contributed by atoms with van der Waals surface area (Å²) in [5.74, 6) is 5.69. The number of nitrogens with two attached hydrogens (primary N) is 2. The highest BCUT2D eigenvalue weighted by Gasteiger charge is 2.20. The highest BCUT2D eigenvalue weighted by atomic mass is 15.3. The minimum atomic E-state index is 0.494. The van der Waals surface area contributed by atoms with Crippen molar-refractivity contribution in [3.63, 3.8) is 0 Å². The van der Waals surface area contributed by atoms with Crippen molar-refractivity contribution in [3.05, 3.63) is 0 Å². The molecule has 1 atom stereocenters. The summed E-state index contributed by atoms with van der Waals surface area (Å²) < 4.78 is 0. The van der Waals surface area contributed by atoms with Gasteiger partial charge in [0.2, 0.25) is 5.96 Å². The smallest absolute Gasteiger partial charge is 0.213 e. The first kappa shape index (κ1) is 10.2. The Morgan fingerprint density at radius 2 is 2.23 bits per heavy atom. The molecule has 0 aliphatic carbocycles. The molecule has 1 fully saturated rings. The van der Waals surface area contributed by atoms with Gasteiger partial charge in [-0.05, 0) is 19.3 Å². The van der Waals surface area contributed by atoms with Crippen LogP contribution >= 0.6 is 0 Å². The van der Waals surface area contributed by atoms with E-state index in [-0.39, 0.29) is 0 Å². The van der Waals surface area contributed by atoms with Crippen LogP contribution in [0.5, 0.6) is 0 Å². The first-order chi connectivity index (χ1) is 6.29. The number of rotatable bonds is 1. The van der Waals surface area contributed by atoms with Crippen molar-refractivity contribution < 1.29 is 0 Å². The zero-order valence-corrected chi connectivity index (χ0v) is 8.37. The van der Waals surface area contributed by atoms with Gasteiger partial charge in [0.15, 0.2) is 0 Å². The molecule has 0 bridgehead atoms. The monoisotopic (exact) mass is 184 g/mol. The van der Waals surface area contributed by atoms with Crippen LogP contribution in [0.15, 0.2) is 5.10 Å². The topological polar surface area (TPSA) is 67.6 Å². The molecule has 1 unspecified atom stereocenters. The van der Waals surface area contributed by atoms with Gasteiger partial charge < -0.3 is 16.5 Å². The van der Waals surface area contributed by atoms with Crippen LogP contribution in [0, 0.1) is 0 Å². The van der Waals surface area contributed by atoms with Crippen LogP contribution < -0.4 is 11.6 Å². The summed E-state index contributed by atoms with van der Waals surface area (Å²) in [5, 5.41) is 3.57. The molecule has 13 heavy (non-hydrogen) atoms. The minimum absolute atomic E-state index is 0.494. The maximum atomic E-state index is 5.73. The van der Waals surface area contributed by atoms with E-state index in [1.165, 1.54) is 25.7 Å². The Morgan fingerprint density at radius 3 is 2.85 bits per heavy atom. The van der Waals surface area contributed by atoms with E-state index in [0.29, 0.717) is 12.0 Å². The summed E-state index contributed by atoms with van der Waals surface area (Å²) in [7, 11) is 0. The van der Waals surface area contributed by atoms with E-state index in [1.807, 2.05) is 0 Å². The van der Waals surface area contributed by atoms with Crippen LogP contribution in [0.2, 0.25) is 0 Å². The minimum Gasteiger partial charge on any atom is -0.368 e. The van der Waals surface area contributed by atoms with Crippen molar-refractivity contribution in [3.8, 4) is 0 Å². The number of nitrogens with zero attached hydrogens (tertiary/aromatic N) is 2. The van der Waals surface area contributed by atoms with Crippen LogP contribution in [-0.4, -0.2) is 23.4 Å². The standard InChI is InChI=1S/C9H20N4/c1-2-8-6-4-3-5-7-13(8)9(10)12-11/h8H,2-7,11H2,1H3,(H2,10,12). The van der Waals surface area contributed by atoms with E-state index in [1.54, 1.807) is 0 Å². The van der Waals surface area contributed by atoms with Crippen molar-refractivity contribution >= 4 is 5.96 Å². The molecule has 1 aliphatic heterocycles. The number of hydrogen-bond acceptors (Lipinski definition) is 2. The van der Waals surface area contributed by atoms with Crippen molar-refractivity contribution in [2.24, 2.45) is 16.7 Å². The average molecular weight is 184 g/mol. The van der Waals surface area contributed by atoms with E-state index in [9.17, 15) is 0 Å². The van der Waals surface area contributed by atoms with Crippen LogP contribution in [0.25, 0.3) is 0 Å². The van der Waals surface area contributed by atoms with Gasteiger partial charge in [0.25, 0.3) is 0 Å². The van der Waals surface area contributed by atoms with Gasteiger partial charge in [0, 0.05) is 12.6 Å². The lowest BCUT2D eigenvalue weighted by Gasteiger charge is -2.29. The summed E-state index contributed by atoms with van der Waals surface area (Å²) in [6.45, 7) is 3.19. The Balaban J connectivity index is 2.64. The lowest BCUT2D eigenvalue weighted by molar-refractivity contribution is 0.303. The quantitative estimate of drug-likeness (QED) is 0.274. The lowest BCUT2D eigenvalue weighted by atomic mass is 10.1. The molecular weight excluding hydrogens is 164 g/mol. The zero-order valence-electron chi connectivity index (χ0n) is 8.37. The molecule has 4 N–H and O–H groups in total. The Labute approximate surface area is 80.0 Å². The average Bonchev–Trinajstić information content (AvgIpc) is 2.41. The normalized spacial score (nSPS) is 25.8. The van der Waals surface area contributed by atoms with Gasteiger partial charge in [0.1, 0.15) is 0 Å². The highest BCUT2D eigenvalue weighted by molar-refractivity contribution is 5.78. The zero-order chi connectivity index (χ0) is 9.68. The first-order valence-electron chi connectivity index (χ1n) is 5.09. The largest absolute Gasteiger partial charge is 0.368 e. The summed E-state index contributed by atoms with van der Waals surface area (Å²) in [6.07, 6.45) is 6.13. The van der Waals surface area contributed by atoms with Gasteiger partial charge in [-0.3, -0.25) is 0 Å². The van der Waals surface area contributed by atoms with E-state index >= 15 is 0 Å². The Bertz CT molecular complexity index is 178. The maximum absolute atomic E-state index is 5.73. The van der Waals surface area contributed by atoms with Gasteiger partial charge in [-0.25, -0.2) is 0 Å². The second-order valence-electron chi connectivity index (χ2n) is 3.59. The maximum Gasteiger partial charge on any atom is 0.213 e. The molecule has 0 aromatic heterocycles. The van der Waals surface area contributed by atoms with Crippen LogP contribution in [-0.2, 0) is 0 Å². The molecule has 1 saturated heterocycles. The molecule has 0 saturated carbocycles. The Morgan fingerprint density at radius 1 is 1.46 bits per heavy atom. The summed E-state index contributed by atoms with van der Waals surface area (Å²) in [6, 6.07) is 0.537. The molecule has 4 nitrogen and oxygen atoms in total. The molecule has 1 aliphatic rings. The Hall–Kier alpha value is -0.930. The fraction of sp³-hybridized carbons (Fsp3) is 0.889. The molecular formula is C9H20N4. The summed E-state index contributed by atoms with van der Waals surface area (Å²) >= 11 is 0. The van der Waals surface area contributed by atoms with Crippen LogP contribution in [0.3, 0.4) is 0 Å². The predicted octanol–water partition coefficient (Wildman–Crippen LogP) is 0.829. The SMILES string of the molecule is CCC1CCCCCN1C(N)=NN. The van der Waals surface area contributed by atoms with Crippen molar-refractivity contribution in [1.29, 1.82) is 0 Å². The lowest BCUT2D eigenvalue weighted by Crippen LogP contribution is -2.44. The molecule has 1 heterocycles. The van der Waals surface area contributed by atoms with E-state index in [0.717, 1.165) is 13.0 Å². The van der Waals surface area contributed by atoms with Gasteiger partial charge >= 0.3 is 0 Å². The van der Waals surface area contributed by atoms with E-state index < -0.39 is 0 Å². The third-order valence-corrected chi connectivity index (χ3v) is 2.77. The second kappa shape index (κ2) is 4.94. The molecule has 4 heteroatoms. The Kier molecular flexibility index (Phi) is 3.86. The van der Waals surface area contributed by atoms with Gasteiger partial charge in [-0.1, -0.05) is 19.8 Å². The molecule has 76 valence electrons. The molecule has 0 aromatic rings. The second-order valence-corrected chi connectivity index (χ2v) is 3.59. The molecule has 0 aromatic carbocycles. The number of hydrogen-bond donors (Lipinski definition) is 2. The number of likely N-dealkylation sites (tertiary alicyclic amines) is 1. The fourth-order valence-electron chi connectivity index (χ4n) is 1.98. The molecule has 0 spiro atoms. The van der Waals surface area contributed by atoms with Crippen molar-refractivity contribution in [1.82, 2.24) is 4.90 Å². The fourth-order valence-corrected chi connectivity index (χ4v) is 1.98. The molecule has 0 amide bonds. The van der Waals surface area contributed by atoms with Gasteiger partial charge in [0.05, 0.1) is 0 Å². The molecule has 1 rings (SSSR count). The number of hydrazone groups is 1. The van der Waals surface area contributed by atoms with E-state index in [2.05, 4.69) is 16.9 Å². The van der Waals surface area contributed by atoms with Crippen LogP contribution in [0.4, 0.5) is 0 Å².